The van der Waals surface area contributed by atoms with Gasteiger partial charge in [0.05, 0.1) is 12.0 Å². The van der Waals surface area contributed by atoms with Crippen molar-refractivity contribution in [2.45, 2.75) is 115 Å². The molecule has 7 heteroatoms. The van der Waals surface area contributed by atoms with E-state index in [-0.39, 0.29) is 41.3 Å². The van der Waals surface area contributed by atoms with Crippen molar-refractivity contribution in [2.75, 3.05) is 0 Å². The van der Waals surface area contributed by atoms with Crippen molar-refractivity contribution in [1.29, 1.82) is 0 Å². The van der Waals surface area contributed by atoms with Crippen LogP contribution in [-0.2, 0) is 11.0 Å². The van der Waals surface area contributed by atoms with Gasteiger partial charge in [0.1, 0.15) is 11.3 Å². The number of carboxylic acids is 1. The summed E-state index contributed by atoms with van der Waals surface area (Å²) in [5.41, 5.74) is 0.330. The summed E-state index contributed by atoms with van der Waals surface area (Å²) < 4.78 is 49.2. The first-order valence-corrected chi connectivity index (χ1v) is 14.5. The number of benzene rings is 2. The zero-order chi connectivity index (χ0) is 27.0. The Morgan fingerprint density at radius 2 is 1.71 bits per heavy atom. The quantitative estimate of drug-likeness (QED) is 0.390. The number of nitrogens with zero attached hydrogens (tertiary/aromatic N) is 1. The second kappa shape index (κ2) is 11.1. The largest absolute Gasteiger partial charge is 0.490 e. The third-order valence-electron chi connectivity index (χ3n) is 9.47. The molecule has 2 aromatic carbocycles. The molecule has 2 aromatic rings. The molecular formula is C31H40F3NO3. The van der Waals surface area contributed by atoms with Crippen molar-refractivity contribution in [1.82, 2.24) is 4.90 Å². The molecule has 2 saturated heterocycles. The number of hydrogen-bond acceptors (Lipinski definition) is 3. The lowest BCUT2D eigenvalue weighted by Crippen LogP contribution is -2.54. The van der Waals surface area contributed by atoms with E-state index in [1.165, 1.54) is 6.07 Å². The summed E-state index contributed by atoms with van der Waals surface area (Å²) in [6.45, 7) is 4.28. The van der Waals surface area contributed by atoms with Gasteiger partial charge >= 0.3 is 12.1 Å². The Labute approximate surface area is 223 Å². The first kappa shape index (κ1) is 27.3. The molecule has 2 aliphatic heterocycles. The Hall–Kier alpha value is -2.28. The first-order valence-electron chi connectivity index (χ1n) is 14.5. The van der Waals surface area contributed by atoms with E-state index in [0.29, 0.717) is 24.1 Å². The minimum atomic E-state index is -4.52. The van der Waals surface area contributed by atoms with Gasteiger partial charge in [-0.1, -0.05) is 44.9 Å². The van der Waals surface area contributed by atoms with Crippen molar-refractivity contribution < 1.29 is 27.8 Å². The molecule has 1 saturated carbocycles. The number of piperidine rings is 2. The number of alkyl halides is 3. The summed E-state index contributed by atoms with van der Waals surface area (Å²) in [5, 5.41) is 10.4. The van der Waals surface area contributed by atoms with Gasteiger partial charge in [0.25, 0.3) is 0 Å². The SMILES string of the molecule is CC[C@H](c1ccc2c(C(F)(F)F)c(O[C@H]3CC[C@@H](CC)CC3)ccc2c1)N1C2CCCC1CC(C(=O)O)C2. The van der Waals surface area contributed by atoms with E-state index in [9.17, 15) is 23.1 Å². The third-order valence-corrected chi connectivity index (χ3v) is 9.47. The number of hydrogen-bond donors (Lipinski definition) is 1. The maximum atomic E-state index is 14.4. The number of carbonyl (C=O) groups is 1. The molecule has 0 amide bonds. The standard InChI is InChI=1S/C31H40F3NO3/c1-3-19-8-12-25(13-9-19)38-28-15-11-20-16-21(10-14-26(20)29(28)31(32,33)34)27(4-2)35-23-6-5-7-24(35)18-22(17-23)30(36)37/h10-11,14-16,19,22-25,27H,3-9,12-13,17-18H2,1-2H3,(H,36,37)/t19-,22?,23?,24?,25+,27-/m1/s1. The van der Waals surface area contributed by atoms with Crippen molar-refractivity contribution >= 4 is 16.7 Å². The molecule has 3 atom stereocenters. The fourth-order valence-electron chi connectivity index (χ4n) is 7.51. The summed E-state index contributed by atoms with van der Waals surface area (Å²) in [4.78, 5) is 14.2. The van der Waals surface area contributed by atoms with Gasteiger partial charge in [-0.25, -0.2) is 0 Å². The number of fused-ring (bicyclic) bond motifs is 3. The van der Waals surface area contributed by atoms with E-state index in [4.69, 9.17) is 4.74 Å². The summed E-state index contributed by atoms with van der Waals surface area (Å²) in [6.07, 6.45) is 5.19. The maximum absolute atomic E-state index is 14.4. The topological polar surface area (TPSA) is 49.8 Å². The number of ether oxygens (including phenoxy) is 1. The Morgan fingerprint density at radius 3 is 2.29 bits per heavy atom. The Bertz CT molecular complexity index is 1130. The van der Waals surface area contributed by atoms with Gasteiger partial charge < -0.3 is 9.84 Å². The fourth-order valence-corrected chi connectivity index (χ4v) is 7.51. The van der Waals surface area contributed by atoms with E-state index < -0.39 is 17.7 Å². The zero-order valence-electron chi connectivity index (χ0n) is 22.5. The molecule has 38 heavy (non-hydrogen) atoms. The molecule has 0 spiro atoms. The van der Waals surface area contributed by atoms with Gasteiger partial charge in [0.2, 0.25) is 0 Å². The van der Waals surface area contributed by atoms with Gasteiger partial charge in [-0.2, -0.15) is 13.2 Å². The molecule has 2 bridgehead atoms. The van der Waals surface area contributed by atoms with E-state index in [1.807, 2.05) is 12.1 Å². The number of halogens is 3. The highest BCUT2D eigenvalue weighted by Crippen LogP contribution is 2.46. The van der Waals surface area contributed by atoms with Gasteiger partial charge in [-0.15, -0.1) is 0 Å². The monoisotopic (exact) mass is 531 g/mol. The molecular weight excluding hydrogens is 491 g/mol. The van der Waals surface area contributed by atoms with Crippen LogP contribution in [0.15, 0.2) is 30.3 Å². The molecule has 2 heterocycles. The third kappa shape index (κ3) is 5.41. The number of aliphatic carboxylic acids is 1. The van der Waals surface area contributed by atoms with Crippen LogP contribution in [0.5, 0.6) is 5.75 Å². The first-order chi connectivity index (χ1) is 18.2. The van der Waals surface area contributed by atoms with Crippen LogP contribution >= 0.6 is 0 Å². The van der Waals surface area contributed by atoms with Crippen molar-refractivity contribution in [3.63, 3.8) is 0 Å². The van der Waals surface area contributed by atoms with E-state index >= 15 is 0 Å². The molecule has 5 rings (SSSR count). The summed E-state index contributed by atoms with van der Waals surface area (Å²) >= 11 is 0. The van der Waals surface area contributed by atoms with Crippen LogP contribution in [0.2, 0.25) is 0 Å². The maximum Gasteiger partial charge on any atom is 0.420 e. The molecule has 0 radical (unpaired) electrons. The van der Waals surface area contributed by atoms with Crippen molar-refractivity contribution in [3.05, 3.63) is 41.5 Å². The Morgan fingerprint density at radius 1 is 1.03 bits per heavy atom. The molecule has 2 unspecified atom stereocenters. The van der Waals surface area contributed by atoms with Crippen LogP contribution in [0.4, 0.5) is 13.2 Å². The van der Waals surface area contributed by atoms with Crippen LogP contribution in [0.25, 0.3) is 10.8 Å². The minimum absolute atomic E-state index is 0.0588. The lowest BCUT2D eigenvalue weighted by Gasteiger charge is -2.51. The normalized spacial score (nSPS) is 29.2. The average Bonchev–Trinajstić information content (AvgIpc) is 2.88. The van der Waals surface area contributed by atoms with Crippen LogP contribution in [-0.4, -0.2) is 34.2 Å². The second-order valence-electron chi connectivity index (χ2n) is 11.7. The second-order valence-corrected chi connectivity index (χ2v) is 11.7. The minimum Gasteiger partial charge on any atom is -0.490 e. The number of rotatable bonds is 7. The summed E-state index contributed by atoms with van der Waals surface area (Å²) in [7, 11) is 0. The van der Waals surface area contributed by atoms with Crippen LogP contribution < -0.4 is 4.74 Å². The van der Waals surface area contributed by atoms with E-state index in [2.05, 4.69) is 18.7 Å². The average molecular weight is 532 g/mol. The van der Waals surface area contributed by atoms with Gasteiger partial charge in [-0.3, -0.25) is 9.69 Å². The van der Waals surface area contributed by atoms with Gasteiger partial charge in [-0.05, 0) is 92.2 Å². The van der Waals surface area contributed by atoms with Crippen LogP contribution in [0.1, 0.15) is 102 Å². The van der Waals surface area contributed by atoms with Crippen molar-refractivity contribution in [3.8, 4) is 5.75 Å². The molecule has 3 aliphatic rings. The summed E-state index contributed by atoms with van der Waals surface area (Å²) in [6, 6.07) is 9.12. The lowest BCUT2D eigenvalue weighted by molar-refractivity contribution is -0.147. The molecule has 208 valence electrons. The Balaban J connectivity index is 1.44. The highest BCUT2D eigenvalue weighted by Gasteiger charge is 2.44. The van der Waals surface area contributed by atoms with E-state index in [1.54, 1.807) is 12.1 Å². The van der Waals surface area contributed by atoms with Crippen LogP contribution in [0.3, 0.4) is 0 Å². The predicted molar refractivity (Wildman–Crippen MR) is 142 cm³/mol. The molecule has 1 N–H and O–H groups in total. The zero-order valence-corrected chi connectivity index (χ0v) is 22.5. The van der Waals surface area contributed by atoms with E-state index in [0.717, 1.165) is 63.4 Å². The highest BCUT2D eigenvalue weighted by atomic mass is 19.4. The van der Waals surface area contributed by atoms with Gasteiger partial charge in [0.15, 0.2) is 0 Å². The van der Waals surface area contributed by atoms with Crippen LogP contribution in [0, 0.1) is 11.8 Å². The molecule has 4 nitrogen and oxygen atoms in total. The van der Waals surface area contributed by atoms with Gasteiger partial charge in [0, 0.05) is 18.1 Å². The Kier molecular flexibility index (Phi) is 7.95. The highest BCUT2D eigenvalue weighted by molar-refractivity contribution is 5.89. The molecule has 1 aliphatic carbocycles. The molecule has 3 fully saturated rings. The lowest BCUT2D eigenvalue weighted by atomic mass is 9.76. The smallest absolute Gasteiger partial charge is 0.420 e. The predicted octanol–water partition coefficient (Wildman–Crippen LogP) is 8.38. The fraction of sp³-hybridized carbons (Fsp3) is 0.645. The van der Waals surface area contributed by atoms with Crippen molar-refractivity contribution in [2.24, 2.45) is 11.8 Å². The summed E-state index contributed by atoms with van der Waals surface area (Å²) in [5.74, 6) is -0.431. The molecule has 0 aromatic heterocycles. The number of carboxylic acid groups (broad SMARTS) is 1.